The number of alkyl halides is 6. The second-order valence-electron chi connectivity index (χ2n) is 8.14. The number of rotatable bonds is 6. The summed E-state index contributed by atoms with van der Waals surface area (Å²) in [5, 5.41) is 0. The van der Waals surface area contributed by atoms with E-state index in [-0.39, 0.29) is 30.4 Å². The van der Waals surface area contributed by atoms with Crippen LogP contribution in [-0.2, 0) is 5.41 Å². The number of anilines is 2. The minimum absolute atomic E-state index is 0. The van der Waals surface area contributed by atoms with Gasteiger partial charge in [0.15, 0.2) is 0 Å². The van der Waals surface area contributed by atoms with E-state index >= 15 is 0 Å². The summed E-state index contributed by atoms with van der Waals surface area (Å²) < 4.78 is 97.5. The van der Waals surface area contributed by atoms with E-state index in [0.717, 1.165) is 48.5 Å². The third-order valence-corrected chi connectivity index (χ3v) is 5.66. The maximum Gasteiger partial charge on any atom is 0.411 e. The second-order valence-corrected chi connectivity index (χ2v) is 8.14. The van der Waals surface area contributed by atoms with Crippen molar-refractivity contribution in [2.75, 3.05) is 11.5 Å². The van der Waals surface area contributed by atoms with Gasteiger partial charge < -0.3 is 20.9 Å². The van der Waals surface area contributed by atoms with Crippen molar-refractivity contribution in [3.05, 3.63) is 108 Å². The first-order chi connectivity index (χ1) is 17.4. The number of nitrogen functional groups attached to an aromatic ring is 2. The van der Waals surface area contributed by atoms with E-state index in [0.29, 0.717) is 22.9 Å². The molecule has 11 heteroatoms. The molecule has 0 saturated carbocycles. The van der Waals surface area contributed by atoms with Crippen molar-refractivity contribution < 1.29 is 35.8 Å². The molecule has 193 valence electrons. The van der Waals surface area contributed by atoms with E-state index < -0.39 is 28.9 Å². The molecule has 0 aromatic heterocycles. The molecule has 4 aromatic rings. The van der Waals surface area contributed by atoms with Crippen LogP contribution >= 0.6 is 0 Å². The van der Waals surface area contributed by atoms with Crippen molar-refractivity contribution in [3.63, 3.8) is 0 Å². The zero-order valence-corrected chi connectivity index (χ0v) is 20.0. The molecule has 4 N–H and O–H groups in total. The summed E-state index contributed by atoms with van der Waals surface area (Å²) in [7, 11) is 0. The Labute approximate surface area is 226 Å². The van der Waals surface area contributed by atoms with Crippen LogP contribution in [0.25, 0.3) is 0 Å². The second kappa shape index (κ2) is 10.9. The largest absolute Gasteiger partial charge is 0.457 e. The van der Waals surface area contributed by atoms with Gasteiger partial charge in [0, 0.05) is 30.2 Å². The zero-order valence-electron chi connectivity index (χ0n) is 20.0. The average molecular weight is 525 g/mol. The molecule has 0 saturated heterocycles. The molecule has 1 radical (unpaired) electrons. The quantitative estimate of drug-likeness (QED) is 0.156. The Morgan fingerprint density at radius 3 is 0.895 bits per heavy atom. The van der Waals surface area contributed by atoms with E-state index in [4.69, 9.17) is 20.9 Å². The third kappa shape index (κ3) is 5.72. The number of halogens is 6. The predicted octanol–water partition coefficient (Wildman–Crippen LogP) is 7.47. The molecule has 0 aliphatic rings. The van der Waals surface area contributed by atoms with Crippen LogP contribution in [0, 0.1) is 0 Å². The van der Waals surface area contributed by atoms with Gasteiger partial charge in [-0.1, -0.05) is 24.3 Å². The Balaban J connectivity index is 0.00000400. The van der Waals surface area contributed by atoms with E-state index in [1.807, 2.05) is 0 Å². The fourth-order valence-electron chi connectivity index (χ4n) is 3.87. The minimum atomic E-state index is -5.72. The molecule has 0 spiro atoms. The van der Waals surface area contributed by atoms with Gasteiger partial charge >= 0.3 is 12.4 Å². The first kappa shape index (κ1) is 28.8. The maximum absolute atomic E-state index is 14.4. The van der Waals surface area contributed by atoms with Gasteiger partial charge in [0.1, 0.15) is 23.0 Å². The predicted molar refractivity (Wildman–Crippen MR) is 133 cm³/mol. The number of hydrogen-bond acceptors (Lipinski definition) is 4. The zero-order chi connectivity index (χ0) is 26.8. The third-order valence-electron chi connectivity index (χ3n) is 5.66. The van der Waals surface area contributed by atoms with E-state index in [9.17, 15) is 26.3 Å². The Kier molecular flexibility index (Phi) is 8.29. The molecule has 38 heavy (non-hydrogen) atoms. The molecular weight excluding hydrogens is 505 g/mol. The van der Waals surface area contributed by atoms with Crippen LogP contribution in [0.2, 0.25) is 0 Å². The van der Waals surface area contributed by atoms with Gasteiger partial charge in [0.25, 0.3) is 0 Å². The summed E-state index contributed by atoms with van der Waals surface area (Å²) >= 11 is 0. The van der Waals surface area contributed by atoms with E-state index in [2.05, 4.69) is 0 Å². The molecule has 0 heterocycles. The smallest absolute Gasteiger partial charge is 0.411 e. The molecule has 0 unspecified atom stereocenters. The standard InChI is InChI=1S/C27H20F6N2O2.Li/c28-26(29,30)25(27(31,32)33,17-1-9-21(10-2-17)36-23-13-5-19(34)6-14-23)18-3-11-22(12-4-18)37-24-15-7-20(35)8-16-24;/h1-16H,34-35H2;. The number of hydrogen-bond donors (Lipinski definition) is 2. The van der Waals surface area contributed by atoms with Crippen molar-refractivity contribution in [2.45, 2.75) is 17.8 Å². The topological polar surface area (TPSA) is 70.5 Å². The molecule has 0 amide bonds. The van der Waals surface area contributed by atoms with Gasteiger partial charge in [-0.15, -0.1) is 0 Å². The van der Waals surface area contributed by atoms with Crippen LogP contribution < -0.4 is 20.9 Å². The summed E-state index contributed by atoms with van der Waals surface area (Å²) in [6, 6.07) is 19.5. The van der Waals surface area contributed by atoms with Crippen molar-refractivity contribution >= 4 is 30.2 Å². The van der Waals surface area contributed by atoms with Crippen molar-refractivity contribution in [1.29, 1.82) is 0 Å². The van der Waals surface area contributed by atoms with Crippen molar-refractivity contribution in [2.24, 2.45) is 0 Å². The fourth-order valence-corrected chi connectivity index (χ4v) is 3.87. The van der Waals surface area contributed by atoms with Crippen molar-refractivity contribution in [3.8, 4) is 23.0 Å². The summed E-state index contributed by atoms with van der Waals surface area (Å²) in [5.41, 5.74) is 5.81. The minimum Gasteiger partial charge on any atom is -0.457 e. The first-order valence-electron chi connectivity index (χ1n) is 10.8. The molecule has 0 fully saturated rings. The fraction of sp³-hybridized carbons (Fsp3) is 0.111. The Morgan fingerprint density at radius 1 is 0.421 bits per heavy atom. The maximum atomic E-state index is 14.4. The van der Waals surface area contributed by atoms with Crippen LogP contribution in [0.15, 0.2) is 97.1 Å². The van der Waals surface area contributed by atoms with Gasteiger partial charge in [-0.2, -0.15) is 26.3 Å². The number of benzene rings is 4. The van der Waals surface area contributed by atoms with Crippen LogP contribution in [0.4, 0.5) is 37.7 Å². The van der Waals surface area contributed by atoms with Crippen molar-refractivity contribution in [1.82, 2.24) is 0 Å². The molecular formula is C27H20F6LiN2O2. The molecule has 4 aromatic carbocycles. The molecule has 0 aliphatic carbocycles. The monoisotopic (exact) mass is 525 g/mol. The summed E-state index contributed by atoms with van der Waals surface area (Å²) in [4.78, 5) is 0. The van der Waals surface area contributed by atoms with E-state index in [1.54, 1.807) is 24.3 Å². The van der Waals surface area contributed by atoms with Crippen LogP contribution in [0.1, 0.15) is 11.1 Å². The summed E-state index contributed by atoms with van der Waals surface area (Å²) in [6.45, 7) is 0. The molecule has 4 rings (SSSR count). The van der Waals surface area contributed by atoms with Crippen LogP contribution in [0.3, 0.4) is 0 Å². The normalized spacial score (nSPS) is 11.9. The first-order valence-corrected chi connectivity index (χ1v) is 10.8. The number of nitrogens with two attached hydrogens (primary N) is 2. The Bertz CT molecular complexity index is 1230. The SMILES string of the molecule is Nc1ccc(Oc2ccc(C(c3ccc(Oc4ccc(N)cc4)cc3)(C(F)(F)F)C(F)(F)F)cc2)cc1.[Li]. The summed E-state index contributed by atoms with van der Waals surface area (Å²) in [5.74, 6) is 0.742. The average Bonchev–Trinajstić information content (AvgIpc) is 2.83. The number of ether oxygens (including phenoxy) is 2. The van der Waals surface area contributed by atoms with E-state index in [1.165, 1.54) is 24.3 Å². The molecule has 0 bridgehead atoms. The molecule has 0 aliphatic heterocycles. The van der Waals surface area contributed by atoms with Gasteiger partial charge in [-0.05, 0) is 83.9 Å². The Morgan fingerprint density at radius 2 is 0.658 bits per heavy atom. The summed E-state index contributed by atoms with van der Waals surface area (Å²) in [6.07, 6.45) is -11.4. The van der Waals surface area contributed by atoms with Gasteiger partial charge in [-0.3, -0.25) is 0 Å². The van der Waals surface area contributed by atoms with Crippen LogP contribution in [-0.4, -0.2) is 31.2 Å². The molecule has 0 atom stereocenters. The van der Waals surface area contributed by atoms with Crippen LogP contribution in [0.5, 0.6) is 23.0 Å². The van der Waals surface area contributed by atoms with Gasteiger partial charge in [-0.25, -0.2) is 0 Å². The molecule has 4 nitrogen and oxygen atoms in total. The van der Waals surface area contributed by atoms with Gasteiger partial charge in [0.05, 0.1) is 0 Å². The van der Waals surface area contributed by atoms with Gasteiger partial charge in [0.2, 0.25) is 5.41 Å². The Hall–Kier alpha value is -3.74.